The van der Waals surface area contributed by atoms with Gasteiger partial charge in [0.25, 0.3) is 0 Å². The van der Waals surface area contributed by atoms with Gasteiger partial charge in [-0.3, -0.25) is 4.68 Å². The topological polar surface area (TPSA) is 84.9 Å². The number of benzene rings is 1. The van der Waals surface area contributed by atoms with Crippen LogP contribution in [0.15, 0.2) is 42.7 Å². The number of rotatable bonds is 7. The van der Waals surface area contributed by atoms with Crippen LogP contribution in [-0.4, -0.2) is 45.3 Å². The summed E-state index contributed by atoms with van der Waals surface area (Å²) >= 11 is 0. The first-order chi connectivity index (χ1) is 13.0. The molecule has 142 valence electrons. The molecule has 2 aromatic heterocycles. The van der Waals surface area contributed by atoms with Crippen LogP contribution in [0.4, 0.5) is 11.8 Å². The minimum absolute atomic E-state index is 0.216. The SMILES string of the molecule is CCn1cc(-c2cc(NCC(c3ccc(C)cc3)N(C)C)nc(N)n2)cn1. The number of anilines is 2. The molecule has 1 atom stereocenters. The lowest BCUT2D eigenvalue weighted by Gasteiger charge is -2.25. The van der Waals surface area contributed by atoms with Crippen LogP contribution in [0.25, 0.3) is 11.3 Å². The minimum Gasteiger partial charge on any atom is -0.368 e. The van der Waals surface area contributed by atoms with Crippen LogP contribution in [0.2, 0.25) is 0 Å². The largest absolute Gasteiger partial charge is 0.368 e. The number of likely N-dealkylation sites (N-methyl/N-ethyl adjacent to an activating group) is 1. The smallest absolute Gasteiger partial charge is 0.222 e. The van der Waals surface area contributed by atoms with E-state index in [1.54, 1.807) is 6.20 Å². The van der Waals surface area contributed by atoms with Crippen LogP contribution in [0.3, 0.4) is 0 Å². The summed E-state index contributed by atoms with van der Waals surface area (Å²) in [5, 5.41) is 7.71. The molecular formula is C20H27N7. The summed E-state index contributed by atoms with van der Waals surface area (Å²) in [5.41, 5.74) is 10.1. The molecule has 0 saturated heterocycles. The first-order valence-corrected chi connectivity index (χ1v) is 9.10. The highest BCUT2D eigenvalue weighted by Crippen LogP contribution is 2.23. The second-order valence-corrected chi connectivity index (χ2v) is 6.85. The normalized spacial score (nSPS) is 12.3. The van der Waals surface area contributed by atoms with E-state index in [0.717, 1.165) is 17.8 Å². The highest BCUT2D eigenvalue weighted by Gasteiger charge is 2.15. The third-order valence-electron chi connectivity index (χ3n) is 4.56. The van der Waals surface area contributed by atoms with E-state index < -0.39 is 0 Å². The molecule has 0 bridgehead atoms. The Balaban J connectivity index is 1.78. The van der Waals surface area contributed by atoms with Crippen LogP contribution >= 0.6 is 0 Å². The van der Waals surface area contributed by atoms with E-state index in [1.807, 2.05) is 23.9 Å². The lowest BCUT2D eigenvalue weighted by Crippen LogP contribution is -2.27. The van der Waals surface area contributed by atoms with E-state index in [9.17, 15) is 0 Å². The molecule has 0 radical (unpaired) electrons. The zero-order valence-corrected chi connectivity index (χ0v) is 16.3. The number of nitrogens with two attached hydrogens (primary N) is 1. The second kappa shape index (κ2) is 8.18. The van der Waals surface area contributed by atoms with Gasteiger partial charge in [0, 0.05) is 30.9 Å². The molecule has 3 rings (SSSR count). The lowest BCUT2D eigenvalue weighted by atomic mass is 10.0. The fourth-order valence-corrected chi connectivity index (χ4v) is 2.96. The fourth-order valence-electron chi connectivity index (χ4n) is 2.96. The summed E-state index contributed by atoms with van der Waals surface area (Å²) in [5.74, 6) is 0.955. The van der Waals surface area contributed by atoms with Gasteiger partial charge in [-0.1, -0.05) is 29.8 Å². The number of nitrogen functional groups attached to an aromatic ring is 1. The van der Waals surface area contributed by atoms with Gasteiger partial charge in [-0.15, -0.1) is 0 Å². The maximum atomic E-state index is 5.93. The summed E-state index contributed by atoms with van der Waals surface area (Å²) < 4.78 is 1.86. The molecule has 7 nitrogen and oxygen atoms in total. The molecule has 7 heteroatoms. The maximum Gasteiger partial charge on any atom is 0.222 e. The molecule has 0 fully saturated rings. The molecule has 3 aromatic rings. The van der Waals surface area contributed by atoms with Gasteiger partial charge in [0.1, 0.15) is 5.82 Å². The van der Waals surface area contributed by atoms with E-state index in [2.05, 4.69) is 70.6 Å². The van der Waals surface area contributed by atoms with Crippen molar-refractivity contribution in [1.82, 2.24) is 24.6 Å². The summed E-state index contributed by atoms with van der Waals surface area (Å²) in [6.45, 7) is 5.66. The predicted molar refractivity (Wildman–Crippen MR) is 109 cm³/mol. The van der Waals surface area contributed by atoms with Crippen molar-refractivity contribution in [3.05, 3.63) is 53.9 Å². The van der Waals surface area contributed by atoms with Gasteiger partial charge in [0.2, 0.25) is 5.95 Å². The Morgan fingerprint density at radius 2 is 1.93 bits per heavy atom. The van der Waals surface area contributed by atoms with Gasteiger partial charge in [0.05, 0.1) is 17.9 Å². The summed E-state index contributed by atoms with van der Waals surface area (Å²) in [7, 11) is 4.15. The lowest BCUT2D eigenvalue weighted by molar-refractivity contribution is 0.311. The van der Waals surface area contributed by atoms with Crippen LogP contribution in [0.5, 0.6) is 0 Å². The van der Waals surface area contributed by atoms with Crippen LogP contribution < -0.4 is 11.1 Å². The van der Waals surface area contributed by atoms with E-state index in [0.29, 0.717) is 12.4 Å². The molecule has 1 aromatic carbocycles. The molecule has 2 heterocycles. The van der Waals surface area contributed by atoms with Crippen LogP contribution in [0.1, 0.15) is 24.1 Å². The Hall–Kier alpha value is -2.93. The fraction of sp³-hybridized carbons (Fsp3) is 0.350. The Morgan fingerprint density at radius 1 is 1.19 bits per heavy atom. The number of hydrogen-bond acceptors (Lipinski definition) is 6. The molecule has 3 N–H and O–H groups in total. The Morgan fingerprint density at radius 3 is 2.56 bits per heavy atom. The summed E-state index contributed by atoms with van der Waals surface area (Å²) in [4.78, 5) is 10.9. The van der Waals surface area contributed by atoms with Crippen molar-refractivity contribution in [1.29, 1.82) is 0 Å². The summed E-state index contributed by atoms with van der Waals surface area (Å²) in [6.07, 6.45) is 3.75. The van der Waals surface area contributed by atoms with Crippen molar-refractivity contribution < 1.29 is 0 Å². The number of aryl methyl sites for hydroxylation is 2. The second-order valence-electron chi connectivity index (χ2n) is 6.85. The molecular weight excluding hydrogens is 338 g/mol. The Bertz CT molecular complexity index is 884. The van der Waals surface area contributed by atoms with Gasteiger partial charge < -0.3 is 16.0 Å². The molecule has 0 aliphatic rings. The zero-order valence-electron chi connectivity index (χ0n) is 16.3. The molecule has 0 saturated carbocycles. The summed E-state index contributed by atoms with van der Waals surface area (Å²) in [6, 6.07) is 10.7. The van der Waals surface area contributed by atoms with E-state index in [-0.39, 0.29) is 12.0 Å². The highest BCUT2D eigenvalue weighted by molar-refractivity contribution is 5.62. The van der Waals surface area contributed by atoms with E-state index >= 15 is 0 Å². The number of hydrogen-bond donors (Lipinski definition) is 2. The standard InChI is InChI=1S/C20H27N7/c1-5-27-13-16(11-23-27)17-10-19(25-20(21)24-17)22-12-18(26(3)4)15-8-6-14(2)7-9-15/h6-11,13,18H,5,12H2,1-4H3,(H3,21,22,24,25). The number of nitrogens with zero attached hydrogens (tertiary/aromatic N) is 5. The maximum absolute atomic E-state index is 5.93. The van der Waals surface area contributed by atoms with Gasteiger partial charge in [-0.25, -0.2) is 4.98 Å². The van der Waals surface area contributed by atoms with Crippen molar-refractivity contribution in [2.24, 2.45) is 0 Å². The van der Waals surface area contributed by atoms with E-state index in [1.165, 1.54) is 11.1 Å². The van der Waals surface area contributed by atoms with Crippen molar-refractivity contribution in [2.45, 2.75) is 26.4 Å². The molecule has 0 spiro atoms. The van der Waals surface area contributed by atoms with Gasteiger partial charge >= 0.3 is 0 Å². The van der Waals surface area contributed by atoms with Crippen LogP contribution in [0, 0.1) is 6.92 Å². The Kier molecular flexibility index (Phi) is 5.71. The first-order valence-electron chi connectivity index (χ1n) is 9.10. The van der Waals surface area contributed by atoms with Crippen LogP contribution in [-0.2, 0) is 6.54 Å². The quantitative estimate of drug-likeness (QED) is 0.670. The third-order valence-corrected chi connectivity index (χ3v) is 4.56. The van der Waals surface area contributed by atoms with E-state index in [4.69, 9.17) is 5.73 Å². The predicted octanol–water partition coefficient (Wildman–Crippen LogP) is 2.97. The number of nitrogens with one attached hydrogen (secondary N) is 1. The average molecular weight is 365 g/mol. The molecule has 0 aliphatic carbocycles. The Labute approximate surface area is 160 Å². The third kappa shape index (κ3) is 4.62. The highest BCUT2D eigenvalue weighted by atomic mass is 15.3. The monoisotopic (exact) mass is 365 g/mol. The zero-order chi connectivity index (χ0) is 19.4. The van der Waals surface area contributed by atoms with Crippen molar-refractivity contribution in [3.8, 4) is 11.3 Å². The van der Waals surface area contributed by atoms with Gasteiger partial charge in [-0.05, 0) is 33.5 Å². The van der Waals surface area contributed by atoms with Gasteiger partial charge in [-0.2, -0.15) is 10.1 Å². The molecule has 1 unspecified atom stereocenters. The minimum atomic E-state index is 0.216. The van der Waals surface area contributed by atoms with Crippen molar-refractivity contribution in [3.63, 3.8) is 0 Å². The molecule has 0 amide bonds. The number of aromatic nitrogens is 4. The van der Waals surface area contributed by atoms with Gasteiger partial charge in [0.15, 0.2) is 0 Å². The molecule has 27 heavy (non-hydrogen) atoms. The molecule has 0 aliphatic heterocycles. The van der Waals surface area contributed by atoms with Crippen molar-refractivity contribution in [2.75, 3.05) is 31.7 Å². The van der Waals surface area contributed by atoms with Crippen molar-refractivity contribution >= 4 is 11.8 Å². The first kappa shape index (κ1) is 18.8. The average Bonchev–Trinajstić information content (AvgIpc) is 3.12.